The molecule has 88 valence electrons. The smallest absolute Gasteiger partial charge is 0.325 e. The fourth-order valence-corrected chi connectivity index (χ4v) is 1.78. The molecular weight excluding hydrogens is 218 g/mol. The SMILES string of the molecule is COC(=O)Cn1c(=O)ccc2cc(C)ccc21. The number of carbonyl (C=O) groups is 1. The van der Waals surface area contributed by atoms with Gasteiger partial charge in [-0.05, 0) is 30.5 Å². The maximum absolute atomic E-state index is 11.7. The number of rotatable bonds is 2. The van der Waals surface area contributed by atoms with Gasteiger partial charge in [-0.2, -0.15) is 0 Å². The van der Waals surface area contributed by atoms with Crippen LogP contribution in [0.1, 0.15) is 5.56 Å². The summed E-state index contributed by atoms with van der Waals surface area (Å²) in [6.07, 6.45) is 0. The average molecular weight is 231 g/mol. The molecule has 1 heterocycles. The maximum atomic E-state index is 11.7. The second-order valence-electron chi connectivity index (χ2n) is 3.90. The molecule has 0 saturated heterocycles. The molecule has 0 bridgehead atoms. The van der Waals surface area contributed by atoms with Crippen molar-refractivity contribution in [1.29, 1.82) is 0 Å². The molecule has 2 rings (SSSR count). The minimum atomic E-state index is -0.430. The number of benzene rings is 1. The van der Waals surface area contributed by atoms with Crippen LogP contribution in [-0.4, -0.2) is 17.6 Å². The third-order valence-electron chi connectivity index (χ3n) is 2.66. The van der Waals surface area contributed by atoms with E-state index >= 15 is 0 Å². The Kier molecular flexibility index (Phi) is 2.95. The summed E-state index contributed by atoms with van der Waals surface area (Å²) in [4.78, 5) is 23.0. The monoisotopic (exact) mass is 231 g/mol. The van der Waals surface area contributed by atoms with Gasteiger partial charge in [-0.25, -0.2) is 0 Å². The van der Waals surface area contributed by atoms with Crippen molar-refractivity contribution in [2.75, 3.05) is 7.11 Å². The molecule has 0 radical (unpaired) electrons. The van der Waals surface area contributed by atoms with Crippen LogP contribution in [0.4, 0.5) is 0 Å². The maximum Gasteiger partial charge on any atom is 0.325 e. The van der Waals surface area contributed by atoms with Crippen LogP contribution >= 0.6 is 0 Å². The lowest BCUT2D eigenvalue weighted by Gasteiger charge is -2.09. The van der Waals surface area contributed by atoms with Crippen molar-refractivity contribution in [2.45, 2.75) is 13.5 Å². The first-order valence-electron chi connectivity index (χ1n) is 5.29. The lowest BCUT2D eigenvalue weighted by molar-refractivity contribution is -0.141. The number of nitrogens with zero attached hydrogens (tertiary/aromatic N) is 1. The number of methoxy groups -OCH3 is 1. The molecule has 17 heavy (non-hydrogen) atoms. The van der Waals surface area contributed by atoms with Crippen LogP contribution in [0.3, 0.4) is 0 Å². The van der Waals surface area contributed by atoms with Gasteiger partial charge < -0.3 is 4.74 Å². The second-order valence-corrected chi connectivity index (χ2v) is 3.90. The Labute approximate surface area is 98.4 Å². The van der Waals surface area contributed by atoms with Crippen LogP contribution in [-0.2, 0) is 16.1 Å². The molecule has 0 amide bonds. The number of esters is 1. The Balaban J connectivity index is 2.63. The molecule has 0 aliphatic heterocycles. The van der Waals surface area contributed by atoms with E-state index in [-0.39, 0.29) is 12.1 Å². The molecule has 0 unspecified atom stereocenters. The average Bonchev–Trinajstić information content (AvgIpc) is 2.32. The molecule has 0 N–H and O–H groups in total. The highest BCUT2D eigenvalue weighted by atomic mass is 16.5. The van der Waals surface area contributed by atoms with E-state index in [0.29, 0.717) is 0 Å². The minimum absolute atomic E-state index is 0.0598. The molecule has 0 fully saturated rings. The lowest BCUT2D eigenvalue weighted by Crippen LogP contribution is -2.24. The Morgan fingerprint density at radius 2 is 2.06 bits per heavy atom. The Morgan fingerprint density at radius 1 is 1.29 bits per heavy atom. The van der Waals surface area contributed by atoms with Gasteiger partial charge >= 0.3 is 5.97 Å². The normalized spacial score (nSPS) is 10.5. The van der Waals surface area contributed by atoms with E-state index in [1.807, 2.05) is 25.1 Å². The van der Waals surface area contributed by atoms with Gasteiger partial charge in [0.2, 0.25) is 0 Å². The zero-order valence-corrected chi connectivity index (χ0v) is 9.77. The molecule has 0 spiro atoms. The van der Waals surface area contributed by atoms with Crippen LogP contribution in [0, 0.1) is 6.92 Å². The molecular formula is C13H13NO3. The third-order valence-corrected chi connectivity index (χ3v) is 2.66. The molecule has 0 aliphatic carbocycles. The topological polar surface area (TPSA) is 48.3 Å². The molecule has 2 aromatic rings. The van der Waals surface area contributed by atoms with Gasteiger partial charge in [0.1, 0.15) is 6.54 Å². The van der Waals surface area contributed by atoms with Crippen molar-refractivity contribution < 1.29 is 9.53 Å². The first-order chi connectivity index (χ1) is 8.11. The fraction of sp³-hybridized carbons (Fsp3) is 0.231. The highest BCUT2D eigenvalue weighted by Gasteiger charge is 2.07. The van der Waals surface area contributed by atoms with Crippen molar-refractivity contribution in [2.24, 2.45) is 0 Å². The molecule has 1 aromatic carbocycles. The summed E-state index contributed by atoms with van der Waals surface area (Å²) >= 11 is 0. The van der Waals surface area contributed by atoms with Gasteiger partial charge in [0.15, 0.2) is 0 Å². The predicted molar refractivity (Wildman–Crippen MR) is 65.0 cm³/mol. The first-order valence-corrected chi connectivity index (χ1v) is 5.29. The minimum Gasteiger partial charge on any atom is -0.468 e. The number of aryl methyl sites for hydroxylation is 1. The van der Waals surface area contributed by atoms with Crippen LogP contribution in [0.5, 0.6) is 0 Å². The lowest BCUT2D eigenvalue weighted by atomic mass is 10.1. The number of fused-ring (bicyclic) bond motifs is 1. The number of carbonyl (C=O) groups excluding carboxylic acids is 1. The number of hydrogen-bond donors (Lipinski definition) is 0. The Morgan fingerprint density at radius 3 is 2.76 bits per heavy atom. The summed E-state index contributed by atoms with van der Waals surface area (Å²) < 4.78 is 6.00. The number of aromatic nitrogens is 1. The summed E-state index contributed by atoms with van der Waals surface area (Å²) in [6.45, 7) is 1.92. The number of pyridine rings is 1. The highest BCUT2D eigenvalue weighted by molar-refractivity contribution is 5.81. The van der Waals surface area contributed by atoms with Crippen LogP contribution in [0.2, 0.25) is 0 Å². The molecule has 0 atom stereocenters. The van der Waals surface area contributed by atoms with Crippen molar-refractivity contribution >= 4 is 16.9 Å². The molecule has 4 heteroatoms. The van der Waals surface area contributed by atoms with Crippen molar-refractivity contribution in [3.63, 3.8) is 0 Å². The van der Waals surface area contributed by atoms with E-state index in [0.717, 1.165) is 16.5 Å². The van der Waals surface area contributed by atoms with E-state index in [2.05, 4.69) is 4.74 Å². The van der Waals surface area contributed by atoms with E-state index < -0.39 is 5.97 Å². The quantitative estimate of drug-likeness (QED) is 0.735. The molecule has 4 nitrogen and oxygen atoms in total. The zero-order chi connectivity index (χ0) is 12.4. The van der Waals surface area contributed by atoms with Gasteiger partial charge in [0.25, 0.3) is 5.56 Å². The van der Waals surface area contributed by atoms with E-state index in [9.17, 15) is 9.59 Å². The van der Waals surface area contributed by atoms with Crippen LogP contribution in [0.15, 0.2) is 35.1 Å². The standard InChI is InChI=1S/C13H13NO3/c1-9-3-5-11-10(7-9)4-6-12(15)14(11)8-13(16)17-2/h3-7H,8H2,1-2H3. The van der Waals surface area contributed by atoms with Crippen molar-refractivity contribution in [3.05, 3.63) is 46.2 Å². The first kappa shape index (κ1) is 11.4. The van der Waals surface area contributed by atoms with Crippen molar-refractivity contribution in [3.8, 4) is 0 Å². The van der Waals surface area contributed by atoms with Crippen LogP contribution < -0.4 is 5.56 Å². The Hall–Kier alpha value is -2.10. The molecule has 0 saturated carbocycles. The van der Waals surface area contributed by atoms with Gasteiger partial charge in [-0.3, -0.25) is 14.2 Å². The summed E-state index contributed by atoms with van der Waals surface area (Å²) in [7, 11) is 1.31. The van der Waals surface area contributed by atoms with Gasteiger partial charge in [-0.15, -0.1) is 0 Å². The summed E-state index contributed by atoms with van der Waals surface area (Å²) in [5.74, 6) is -0.430. The van der Waals surface area contributed by atoms with Crippen LogP contribution in [0.25, 0.3) is 10.9 Å². The van der Waals surface area contributed by atoms with E-state index in [4.69, 9.17) is 0 Å². The van der Waals surface area contributed by atoms with Gasteiger partial charge in [-0.1, -0.05) is 11.6 Å². The fourth-order valence-electron chi connectivity index (χ4n) is 1.78. The van der Waals surface area contributed by atoms with Gasteiger partial charge in [0.05, 0.1) is 12.6 Å². The van der Waals surface area contributed by atoms with Crippen molar-refractivity contribution in [1.82, 2.24) is 4.57 Å². The second kappa shape index (κ2) is 4.41. The predicted octanol–water partition coefficient (Wildman–Crippen LogP) is 1.48. The van der Waals surface area contributed by atoms with Gasteiger partial charge in [0, 0.05) is 6.07 Å². The zero-order valence-electron chi connectivity index (χ0n) is 9.77. The largest absolute Gasteiger partial charge is 0.468 e. The Bertz CT molecular complexity index is 628. The summed E-state index contributed by atoms with van der Waals surface area (Å²) in [6, 6.07) is 8.95. The highest BCUT2D eigenvalue weighted by Crippen LogP contribution is 2.13. The molecule has 0 aliphatic rings. The van der Waals surface area contributed by atoms with E-state index in [1.165, 1.54) is 17.7 Å². The number of ether oxygens (including phenoxy) is 1. The number of hydrogen-bond acceptors (Lipinski definition) is 3. The molecule has 1 aromatic heterocycles. The summed E-state index contributed by atoms with van der Waals surface area (Å²) in [5.41, 5.74) is 1.65. The van der Waals surface area contributed by atoms with E-state index in [1.54, 1.807) is 6.07 Å². The summed E-state index contributed by atoms with van der Waals surface area (Å²) in [5, 5.41) is 0.938. The third kappa shape index (κ3) is 2.20.